The van der Waals surface area contributed by atoms with Gasteiger partial charge in [-0.25, -0.2) is 0 Å². The molecule has 0 aromatic rings. The topological polar surface area (TPSA) is 71.1 Å². The van der Waals surface area contributed by atoms with E-state index in [0.717, 1.165) is 19.8 Å². The van der Waals surface area contributed by atoms with E-state index in [4.69, 9.17) is 15.7 Å². The van der Waals surface area contributed by atoms with Gasteiger partial charge in [-0.2, -0.15) is 0 Å². The van der Waals surface area contributed by atoms with Crippen molar-refractivity contribution in [1.82, 2.24) is 4.90 Å². The van der Waals surface area contributed by atoms with Crippen LogP contribution in [0.2, 0.25) is 0 Å². The number of hydrogen-bond donors (Lipinski definition) is 2. The Labute approximate surface area is 84.5 Å². The molecule has 1 aliphatic rings. The second kappa shape index (κ2) is 5.17. The van der Waals surface area contributed by atoms with E-state index in [1.807, 2.05) is 0 Å². The van der Waals surface area contributed by atoms with Crippen LogP contribution in [0.15, 0.2) is 5.16 Å². The smallest absolute Gasteiger partial charge is 0.140 e. The zero-order valence-corrected chi connectivity index (χ0v) is 8.81. The number of oxime groups is 1. The maximum atomic E-state index is 8.47. The maximum absolute atomic E-state index is 8.47. The van der Waals surface area contributed by atoms with Gasteiger partial charge < -0.3 is 15.7 Å². The van der Waals surface area contributed by atoms with Gasteiger partial charge in [0.2, 0.25) is 0 Å². The lowest BCUT2D eigenvalue weighted by Gasteiger charge is -2.37. The molecule has 2 atom stereocenters. The van der Waals surface area contributed by atoms with Crippen LogP contribution in [0, 0.1) is 0 Å². The summed E-state index contributed by atoms with van der Waals surface area (Å²) in [4.78, 5) is 2.32. The number of rotatable bonds is 3. The van der Waals surface area contributed by atoms with Gasteiger partial charge in [0.25, 0.3) is 0 Å². The van der Waals surface area contributed by atoms with Crippen LogP contribution in [-0.2, 0) is 4.74 Å². The monoisotopic (exact) mass is 201 g/mol. The highest BCUT2D eigenvalue weighted by Crippen LogP contribution is 2.12. The molecule has 82 valence electrons. The van der Waals surface area contributed by atoms with Crippen molar-refractivity contribution in [2.45, 2.75) is 32.4 Å². The lowest BCUT2D eigenvalue weighted by atomic mass is 10.1. The highest BCUT2D eigenvalue weighted by atomic mass is 16.5. The lowest BCUT2D eigenvalue weighted by molar-refractivity contribution is -0.0171. The molecule has 0 aromatic carbocycles. The van der Waals surface area contributed by atoms with Crippen LogP contribution in [0.5, 0.6) is 0 Å². The Kier molecular flexibility index (Phi) is 4.16. The zero-order valence-electron chi connectivity index (χ0n) is 8.81. The molecule has 1 aliphatic heterocycles. The molecule has 0 amide bonds. The fourth-order valence-electron chi connectivity index (χ4n) is 1.86. The summed E-state index contributed by atoms with van der Waals surface area (Å²) in [6.45, 7) is 6.66. The third-order valence-electron chi connectivity index (χ3n) is 2.62. The normalized spacial score (nSPS) is 27.6. The summed E-state index contributed by atoms with van der Waals surface area (Å²) in [5, 5.41) is 11.5. The molecule has 0 radical (unpaired) electrons. The van der Waals surface area contributed by atoms with Crippen molar-refractivity contribution in [2.24, 2.45) is 10.9 Å². The second-order valence-corrected chi connectivity index (χ2v) is 3.81. The van der Waals surface area contributed by atoms with E-state index >= 15 is 0 Å². The molecular weight excluding hydrogens is 182 g/mol. The van der Waals surface area contributed by atoms with Crippen molar-refractivity contribution in [3.05, 3.63) is 0 Å². The Morgan fingerprint density at radius 1 is 1.79 bits per heavy atom. The fraction of sp³-hybridized carbons (Fsp3) is 0.889. The van der Waals surface area contributed by atoms with Crippen molar-refractivity contribution in [2.75, 3.05) is 19.8 Å². The van der Waals surface area contributed by atoms with Crippen molar-refractivity contribution in [1.29, 1.82) is 0 Å². The number of morpholine rings is 1. The minimum atomic E-state index is 0.288. The molecule has 0 aliphatic carbocycles. The Bertz CT molecular complexity index is 208. The average molecular weight is 201 g/mol. The molecule has 1 saturated heterocycles. The van der Waals surface area contributed by atoms with E-state index in [2.05, 4.69) is 23.9 Å². The van der Waals surface area contributed by atoms with Gasteiger partial charge in [-0.15, -0.1) is 0 Å². The van der Waals surface area contributed by atoms with Crippen LogP contribution >= 0.6 is 0 Å². The molecule has 5 heteroatoms. The third kappa shape index (κ3) is 2.85. The van der Waals surface area contributed by atoms with E-state index in [9.17, 15) is 0 Å². The summed E-state index contributed by atoms with van der Waals surface area (Å²) in [6.07, 6.45) is 0.598. The molecule has 1 heterocycles. The summed E-state index contributed by atoms with van der Waals surface area (Å²) in [5.41, 5.74) is 5.47. The molecule has 0 spiro atoms. The van der Waals surface area contributed by atoms with Crippen LogP contribution in [0.25, 0.3) is 0 Å². The highest BCUT2D eigenvalue weighted by Gasteiger charge is 2.24. The molecule has 0 aromatic heterocycles. The second-order valence-electron chi connectivity index (χ2n) is 3.81. The van der Waals surface area contributed by atoms with Gasteiger partial charge in [0.15, 0.2) is 0 Å². The Balaban J connectivity index is 2.45. The zero-order chi connectivity index (χ0) is 10.6. The van der Waals surface area contributed by atoms with Crippen LogP contribution in [-0.4, -0.2) is 47.8 Å². The average Bonchev–Trinajstić information content (AvgIpc) is 2.18. The summed E-state index contributed by atoms with van der Waals surface area (Å²) in [7, 11) is 0. The van der Waals surface area contributed by atoms with E-state index in [1.165, 1.54) is 0 Å². The predicted octanol–water partition coefficient (Wildman–Crippen LogP) is 0.232. The molecule has 2 unspecified atom stereocenters. The number of ether oxygens (including phenoxy) is 1. The van der Waals surface area contributed by atoms with Gasteiger partial charge in [-0.05, 0) is 13.8 Å². The van der Waals surface area contributed by atoms with E-state index in [-0.39, 0.29) is 5.84 Å². The molecular formula is C9H19N3O2. The first-order chi connectivity index (χ1) is 6.65. The van der Waals surface area contributed by atoms with Crippen LogP contribution < -0.4 is 5.73 Å². The van der Waals surface area contributed by atoms with Gasteiger partial charge in [0.05, 0.1) is 13.2 Å². The standard InChI is InChI=1S/C9H19N3O2/c1-7(5-9(10)11-13)12-3-4-14-6-8(12)2/h7-8,13H,3-6H2,1-2H3,(H2,10,11). The molecule has 0 bridgehead atoms. The van der Waals surface area contributed by atoms with Gasteiger partial charge in [0, 0.05) is 25.0 Å². The van der Waals surface area contributed by atoms with Crippen molar-refractivity contribution < 1.29 is 9.94 Å². The highest BCUT2D eigenvalue weighted by molar-refractivity contribution is 5.80. The summed E-state index contributed by atoms with van der Waals surface area (Å²) in [5.74, 6) is 0.288. The molecule has 5 nitrogen and oxygen atoms in total. The first-order valence-electron chi connectivity index (χ1n) is 4.95. The lowest BCUT2D eigenvalue weighted by Crippen LogP contribution is -2.49. The number of nitrogens with zero attached hydrogens (tertiary/aromatic N) is 2. The molecule has 1 fully saturated rings. The van der Waals surface area contributed by atoms with Crippen LogP contribution in [0.3, 0.4) is 0 Å². The van der Waals surface area contributed by atoms with Crippen LogP contribution in [0.4, 0.5) is 0 Å². The Morgan fingerprint density at radius 3 is 3.07 bits per heavy atom. The molecule has 1 rings (SSSR count). The van der Waals surface area contributed by atoms with Gasteiger partial charge in [0.1, 0.15) is 5.84 Å². The third-order valence-corrected chi connectivity index (χ3v) is 2.62. The van der Waals surface area contributed by atoms with Gasteiger partial charge in [-0.1, -0.05) is 5.16 Å². The van der Waals surface area contributed by atoms with Gasteiger partial charge >= 0.3 is 0 Å². The molecule has 14 heavy (non-hydrogen) atoms. The van der Waals surface area contributed by atoms with Crippen molar-refractivity contribution >= 4 is 5.84 Å². The van der Waals surface area contributed by atoms with Crippen LogP contribution in [0.1, 0.15) is 20.3 Å². The minimum Gasteiger partial charge on any atom is -0.409 e. The van der Waals surface area contributed by atoms with Crippen molar-refractivity contribution in [3.8, 4) is 0 Å². The summed E-state index contributed by atoms with van der Waals surface area (Å²) >= 11 is 0. The largest absolute Gasteiger partial charge is 0.409 e. The fourth-order valence-corrected chi connectivity index (χ4v) is 1.86. The first kappa shape index (κ1) is 11.3. The molecule has 3 N–H and O–H groups in total. The Hall–Kier alpha value is -0.810. The molecule has 0 saturated carbocycles. The Morgan fingerprint density at radius 2 is 2.50 bits per heavy atom. The van der Waals surface area contributed by atoms with E-state index < -0.39 is 0 Å². The van der Waals surface area contributed by atoms with Crippen molar-refractivity contribution in [3.63, 3.8) is 0 Å². The number of hydrogen-bond acceptors (Lipinski definition) is 4. The maximum Gasteiger partial charge on any atom is 0.140 e. The van der Waals surface area contributed by atoms with E-state index in [1.54, 1.807) is 0 Å². The summed E-state index contributed by atoms with van der Waals surface area (Å²) < 4.78 is 5.34. The van der Waals surface area contributed by atoms with Gasteiger partial charge in [-0.3, -0.25) is 4.90 Å². The SMILES string of the molecule is CC1COCCN1C(C)CC(N)=NO. The van der Waals surface area contributed by atoms with E-state index in [0.29, 0.717) is 18.5 Å². The minimum absolute atomic E-state index is 0.288. The number of nitrogens with two attached hydrogens (primary N) is 1. The predicted molar refractivity (Wildman–Crippen MR) is 54.5 cm³/mol. The quantitative estimate of drug-likeness (QED) is 0.297. The summed E-state index contributed by atoms with van der Waals surface area (Å²) in [6, 6.07) is 0.704. The first-order valence-corrected chi connectivity index (χ1v) is 4.95. The number of amidine groups is 1.